The zero-order valence-corrected chi connectivity index (χ0v) is 8.97. The third kappa shape index (κ3) is 6.37. The van der Waals surface area contributed by atoms with Crippen molar-refractivity contribution in [3.8, 4) is 0 Å². The molecule has 0 aliphatic carbocycles. The van der Waals surface area contributed by atoms with Gasteiger partial charge in [-0.3, -0.25) is 0 Å². The highest BCUT2D eigenvalue weighted by Crippen LogP contribution is 2.22. The van der Waals surface area contributed by atoms with Crippen LogP contribution in [0.1, 0.15) is 13.8 Å². The SMILES string of the molecule is CC(C)C(N)C(N)C(F)(F)F.Cl.Cl. The molecular formula is C6H15Cl2F3N2. The summed E-state index contributed by atoms with van der Waals surface area (Å²) in [5.41, 5.74) is 10.0. The normalized spacial score (nSPS) is 15.7. The van der Waals surface area contributed by atoms with E-state index < -0.39 is 18.3 Å². The Morgan fingerprint density at radius 1 is 1.00 bits per heavy atom. The van der Waals surface area contributed by atoms with Crippen LogP contribution in [0.5, 0.6) is 0 Å². The molecule has 13 heavy (non-hydrogen) atoms. The Labute approximate surface area is 88.0 Å². The zero-order chi connectivity index (χ0) is 9.23. The summed E-state index contributed by atoms with van der Waals surface area (Å²) in [6, 6.07) is -2.93. The van der Waals surface area contributed by atoms with Gasteiger partial charge >= 0.3 is 6.18 Å². The van der Waals surface area contributed by atoms with E-state index in [-0.39, 0.29) is 30.7 Å². The molecule has 0 aromatic carbocycles. The van der Waals surface area contributed by atoms with E-state index in [2.05, 4.69) is 0 Å². The topological polar surface area (TPSA) is 52.0 Å². The maximum atomic E-state index is 11.9. The molecule has 0 aliphatic heterocycles. The van der Waals surface area contributed by atoms with Gasteiger partial charge in [-0.05, 0) is 5.92 Å². The third-order valence-electron chi connectivity index (χ3n) is 1.56. The van der Waals surface area contributed by atoms with Crippen LogP contribution >= 0.6 is 24.8 Å². The van der Waals surface area contributed by atoms with E-state index in [1.165, 1.54) is 0 Å². The number of nitrogens with two attached hydrogens (primary N) is 2. The van der Waals surface area contributed by atoms with Crippen LogP contribution in [0.15, 0.2) is 0 Å². The highest BCUT2D eigenvalue weighted by Gasteiger charge is 2.41. The largest absolute Gasteiger partial charge is 0.405 e. The second-order valence-corrected chi connectivity index (χ2v) is 2.89. The molecule has 0 fully saturated rings. The molecule has 0 rings (SSSR count). The molecule has 0 aliphatic rings. The average molecular weight is 243 g/mol. The molecule has 0 spiro atoms. The van der Waals surface area contributed by atoms with Gasteiger partial charge in [-0.15, -0.1) is 24.8 Å². The lowest BCUT2D eigenvalue weighted by Gasteiger charge is -2.24. The molecule has 4 N–H and O–H groups in total. The van der Waals surface area contributed by atoms with E-state index in [1.807, 2.05) is 0 Å². The predicted molar refractivity (Wildman–Crippen MR) is 51.3 cm³/mol. The van der Waals surface area contributed by atoms with Crippen LogP contribution in [0, 0.1) is 5.92 Å². The molecule has 0 heterocycles. The minimum absolute atomic E-state index is 0. The Kier molecular flexibility index (Phi) is 9.77. The first-order valence-corrected chi connectivity index (χ1v) is 3.34. The number of hydrogen-bond acceptors (Lipinski definition) is 2. The second kappa shape index (κ2) is 6.70. The van der Waals surface area contributed by atoms with Gasteiger partial charge < -0.3 is 11.5 Å². The van der Waals surface area contributed by atoms with Gasteiger partial charge in [0.05, 0.1) is 0 Å². The van der Waals surface area contributed by atoms with E-state index >= 15 is 0 Å². The minimum atomic E-state index is -4.39. The van der Waals surface area contributed by atoms with Crippen molar-refractivity contribution in [2.45, 2.75) is 32.1 Å². The molecule has 84 valence electrons. The molecule has 0 aromatic rings. The minimum Gasteiger partial charge on any atom is -0.326 e. The highest BCUT2D eigenvalue weighted by atomic mass is 35.5. The predicted octanol–water partition coefficient (Wildman–Crippen LogP) is 1.70. The van der Waals surface area contributed by atoms with Crippen molar-refractivity contribution in [1.82, 2.24) is 0 Å². The zero-order valence-electron chi connectivity index (χ0n) is 7.34. The van der Waals surface area contributed by atoms with Crippen molar-refractivity contribution in [2.24, 2.45) is 17.4 Å². The number of rotatable bonds is 2. The second-order valence-electron chi connectivity index (χ2n) is 2.89. The van der Waals surface area contributed by atoms with Crippen LogP contribution in [0.3, 0.4) is 0 Å². The van der Waals surface area contributed by atoms with Crippen molar-refractivity contribution in [3.05, 3.63) is 0 Å². The maximum absolute atomic E-state index is 11.9. The quantitative estimate of drug-likeness (QED) is 0.775. The summed E-state index contributed by atoms with van der Waals surface area (Å²) in [6.07, 6.45) is -4.39. The van der Waals surface area contributed by atoms with Crippen molar-refractivity contribution < 1.29 is 13.2 Å². The third-order valence-corrected chi connectivity index (χ3v) is 1.56. The van der Waals surface area contributed by atoms with Crippen LogP contribution in [-0.2, 0) is 0 Å². The summed E-state index contributed by atoms with van der Waals surface area (Å²) >= 11 is 0. The summed E-state index contributed by atoms with van der Waals surface area (Å²) in [7, 11) is 0. The van der Waals surface area contributed by atoms with Gasteiger partial charge in [0.15, 0.2) is 0 Å². The van der Waals surface area contributed by atoms with Crippen LogP contribution in [-0.4, -0.2) is 18.3 Å². The maximum Gasteiger partial charge on any atom is 0.405 e. The Hall–Kier alpha value is 0.290. The Morgan fingerprint density at radius 2 is 1.31 bits per heavy atom. The first kappa shape index (κ1) is 19.0. The fourth-order valence-corrected chi connectivity index (χ4v) is 0.633. The van der Waals surface area contributed by atoms with Gasteiger partial charge in [0.1, 0.15) is 6.04 Å². The van der Waals surface area contributed by atoms with Gasteiger partial charge in [-0.2, -0.15) is 13.2 Å². The van der Waals surface area contributed by atoms with Crippen molar-refractivity contribution in [2.75, 3.05) is 0 Å². The Bertz CT molecular complexity index is 130. The molecule has 0 aromatic heterocycles. The molecule has 2 atom stereocenters. The van der Waals surface area contributed by atoms with E-state index in [0.29, 0.717) is 0 Å². The average Bonchev–Trinajstić information content (AvgIpc) is 1.82. The lowest BCUT2D eigenvalue weighted by atomic mass is 9.98. The van der Waals surface area contributed by atoms with Crippen molar-refractivity contribution in [3.63, 3.8) is 0 Å². The molecule has 0 radical (unpaired) electrons. The van der Waals surface area contributed by atoms with Crippen LogP contribution in [0.2, 0.25) is 0 Å². The Balaban J connectivity index is -0.000000500. The molecule has 7 heteroatoms. The van der Waals surface area contributed by atoms with E-state index in [1.54, 1.807) is 13.8 Å². The molecule has 0 bridgehead atoms. The fourth-order valence-electron chi connectivity index (χ4n) is 0.633. The molecule has 0 amide bonds. The summed E-state index contributed by atoms with van der Waals surface area (Å²) in [4.78, 5) is 0. The standard InChI is InChI=1S/C6H13F3N2.2ClH/c1-3(2)4(10)5(11)6(7,8)9;;/h3-5H,10-11H2,1-2H3;2*1H. The van der Waals surface area contributed by atoms with Gasteiger partial charge in [-0.1, -0.05) is 13.8 Å². The summed E-state index contributed by atoms with van der Waals surface area (Å²) in [5, 5.41) is 0. The van der Waals surface area contributed by atoms with E-state index in [0.717, 1.165) is 0 Å². The molecule has 2 nitrogen and oxygen atoms in total. The van der Waals surface area contributed by atoms with E-state index in [4.69, 9.17) is 11.5 Å². The van der Waals surface area contributed by atoms with Crippen LogP contribution in [0.4, 0.5) is 13.2 Å². The summed E-state index contributed by atoms with van der Waals surface area (Å²) in [5.74, 6) is -0.258. The fraction of sp³-hybridized carbons (Fsp3) is 1.00. The van der Waals surface area contributed by atoms with Gasteiger partial charge in [0.25, 0.3) is 0 Å². The molecule has 0 saturated carbocycles. The number of alkyl halides is 3. The lowest BCUT2D eigenvalue weighted by Crippen LogP contribution is -2.53. The monoisotopic (exact) mass is 242 g/mol. The molecular weight excluding hydrogens is 228 g/mol. The first-order chi connectivity index (χ1) is 4.76. The van der Waals surface area contributed by atoms with Gasteiger partial charge in [-0.25, -0.2) is 0 Å². The van der Waals surface area contributed by atoms with Gasteiger partial charge in [0.2, 0.25) is 0 Å². The molecule has 0 saturated heterocycles. The van der Waals surface area contributed by atoms with Crippen LogP contribution in [0.25, 0.3) is 0 Å². The lowest BCUT2D eigenvalue weighted by molar-refractivity contribution is -0.154. The van der Waals surface area contributed by atoms with Crippen molar-refractivity contribution in [1.29, 1.82) is 0 Å². The Morgan fingerprint density at radius 3 is 1.38 bits per heavy atom. The number of hydrogen-bond donors (Lipinski definition) is 2. The molecule has 2 unspecified atom stereocenters. The first-order valence-electron chi connectivity index (χ1n) is 3.34. The summed E-state index contributed by atoms with van der Waals surface area (Å²) in [6.45, 7) is 3.21. The summed E-state index contributed by atoms with van der Waals surface area (Å²) < 4.78 is 35.6. The van der Waals surface area contributed by atoms with Gasteiger partial charge in [0, 0.05) is 6.04 Å². The smallest absolute Gasteiger partial charge is 0.326 e. The highest BCUT2D eigenvalue weighted by molar-refractivity contribution is 5.85. The number of halogens is 5. The van der Waals surface area contributed by atoms with Crippen LogP contribution < -0.4 is 11.5 Å². The van der Waals surface area contributed by atoms with Crippen molar-refractivity contribution >= 4 is 24.8 Å². The van der Waals surface area contributed by atoms with E-state index in [9.17, 15) is 13.2 Å².